The van der Waals surface area contributed by atoms with Crippen LogP contribution >= 0.6 is 0 Å². The van der Waals surface area contributed by atoms with Crippen molar-refractivity contribution in [3.63, 3.8) is 0 Å². The Hall–Kier alpha value is -0.999. The summed E-state index contributed by atoms with van der Waals surface area (Å²) in [5.74, 6) is 0. The van der Waals surface area contributed by atoms with Gasteiger partial charge in [-0.2, -0.15) is 0 Å². The van der Waals surface area contributed by atoms with Gasteiger partial charge >= 0.3 is 0 Å². The smallest absolute Gasteiger partial charge is 0.297 e. The van der Waals surface area contributed by atoms with E-state index in [2.05, 4.69) is 112 Å². The third-order valence-electron chi connectivity index (χ3n) is 8.88. The van der Waals surface area contributed by atoms with Gasteiger partial charge in [-0.25, -0.2) is 0 Å². The highest BCUT2D eigenvalue weighted by Crippen LogP contribution is 2.44. The zero-order valence-electron chi connectivity index (χ0n) is 26.2. The van der Waals surface area contributed by atoms with Crippen molar-refractivity contribution in [3.8, 4) is 0 Å². The molecule has 0 N–H and O–H groups in total. The molecule has 0 aromatic rings. The first-order valence-corrected chi connectivity index (χ1v) is 22.0. The second-order valence-corrected chi connectivity index (χ2v) is 29.1. The molecule has 1 fully saturated rings. The molecule has 0 unspecified atom stereocenters. The quantitative estimate of drug-likeness (QED) is 0.0643. The number of hydrogen-bond donors (Lipinski definition) is 0. The lowest BCUT2D eigenvalue weighted by Crippen LogP contribution is -2.66. The summed E-state index contributed by atoms with van der Waals surface area (Å²) in [4.78, 5) is 19.4. The fraction of sp³-hybridized carbons (Fsp3) is 1.00. The summed E-state index contributed by atoms with van der Waals surface area (Å²) in [6.45, 7) is 32.0. The van der Waals surface area contributed by atoms with Gasteiger partial charge in [0.25, 0.3) is 5.09 Å². The Morgan fingerprint density at radius 1 is 0.842 bits per heavy atom. The topological polar surface area (TPSA) is 138 Å². The normalized spacial score (nSPS) is 26.0. The van der Waals surface area contributed by atoms with Crippen LogP contribution in [0.4, 0.5) is 0 Å². The van der Waals surface area contributed by atoms with Crippen molar-refractivity contribution in [2.75, 3.05) is 6.61 Å². The summed E-state index contributed by atoms with van der Waals surface area (Å²) >= 11 is 0. The van der Waals surface area contributed by atoms with Crippen LogP contribution in [0.25, 0.3) is 10.4 Å². The molecular weight excluding hydrogens is 541 g/mol. The van der Waals surface area contributed by atoms with E-state index in [9.17, 15) is 15.6 Å². The standard InChI is InChI=1S/C24H52N4O7Si3/c1-22(2,3)36(10,11)31-16-17-19(34-37(12,13)23(4,5)6)20(35-38(14,15)24(7,8)9)18(26-27-25)21(32-17)33-28(29)30/h17-21H,16H2,1-15H3/t17-,18-,19+,20-,21+/m1/s1. The number of hydrogen-bond acceptors (Lipinski definition) is 8. The van der Waals surface area contributed by atoms with E-state index >= 15 is 0 Å². The summed E-state index contributed by atoms with van der Waals surface area (Å²) < 4.78 is 26.5. The van der Waals surface area contributed by atoms with Gasteiger partial charge in [-0.3, -0.25) is 4.84 Å². The molecule has 1 aliphatic rings. The predicted molar refractivity (Wildman–Crippen MR) is 157 cm³/mol. The van der Waals surface area contributed by atoms with Crippen LogP contribution in [-0.2, 0) is 22.9 Å². The van der Waals surface area contributed by atoms with Crippen molar-refractivity contribution in [1.29, 1.82) is 0 Å². The Morgan fingerprint density at radius 2 is 1.26 bits per heavy atom. The maximum atomic E-state index is 11.5. The van der Waals surface area contributed by atoms with Crippen molar-refractivity contribution in [2.45, 2.75) is 147 Å². The van der Waals surface area contributed by atoms with Crippen LogP contribution in [0.3, 0.4) is 0 Å². The Bertz CT molecular complexity index is 876. The van der Waals surface area contributed by atoms with Gasteiger partial charge in [0.15, 0.2) is 25.0 Å². The van der Waals surface area contributed by atoms with E-state index in [4.69, 9.17) is 22.9 Å². The molecule has 0 aromatic carbocycles. The summed E-state index contributed by atoms with van der Waals surface area (Å²) in [6, 6.07) is -1.13. The Labute approximate surface area is 232 Å². The van der Waals surface area contributed by atoms with E-state index in [1.54, 1.807) is 0 Å². The number of nitrogens with zero attached hydrogens (tertiary/aromatic N) is 4. The van der Waals surface area contributed by atoms with E-state index < -0.39 is 60.7 Å². The second kappa shape index (κ2) is 11.9. The van der Waals surface area contributed by atoms with Gasteiger partial charge in [0.1, 0.15) is 12.1 Å². The molecular formula is C24H52N4O7Si3. The number of rotatable bonds is 10. The zero-order chi connectivity index (χ0) is 30.1. The van der Waals surface area contributed by atoms with Gasteiger partial charge < -0.3 is 18.0 Å². The summed E-state index contributed by atoms with van der Waals surface area (Å²) in [5, 5.41) is 14.1. The maximum absolute atomic E-state index is 11.5. The first-order chi connectivity index (χ1) is 16.8. The Balaban J connectivity index is 3.74. The first kappa shape index (κ1) is 35.0. The van der Waals surface area contributed by atoms with Gasteiger partial charge in [-0.15, -0.1) is 10.1 Å². The van der Waals surface area contributed by atoms with Gasteiger partial charge in [0, 0.05) is 4.91 Å². The summed E-state index contributed by atoms with van der Waals surface area (Å²) in [6.07, 6.45) is -3.70. The molecule has 38 heavy (non-hydrogen) atoms. The van der Waals surface area contributed by atoms with Crippen LogP contribution in [-0.4, -0.2) is 67.3 Å². The maximum Gasteiger partial charge on any atom is 0.297 e. The molecule has 0 aliphatic carbocycles. The van der Waals surface area contributed by atoms with Gasteiger partial charge in [-0.1, -0.05) is 67.4 Å². The Kier molecular flexibility index (Phi) is 10.9. The molecule has 222 valence electrons. The molecule has 1 rings (SSSR count). The number of azide groups is 1. The molecule has 11 nitrogen and oxygen atoms in total. The lowest BCUT2D eigenvalue weighted by molar-refractivity contribution is -0.783. The molecule has 1 saturated heterocycles. The fourth-order valence-electron chi connectivity index (χ4n) is 3.20. The predicted octanol–water partition coefficient (Wildman–Crippen LogP) is 7.40. The largest absolute Gasteiger partial charge is 0.414 e. The van der Waals surface area contributed by atoms with Gasteiger partial charge in [0.05, 0.1) is 18.8 Å². The highest BCUT2D eigenvalue weighted by atomic mass is 28.4. The van der Waals surface area contributed by atoms with Crippen molar-refractivity contribution >= 4 is 25.0 Å². The van der Waals surface area contributed by atoms with Crippen molar-refractivity contribution < 1.29 is 27.9 Å². The van der Waals surface area contributed by atoms with Gasteiger partial charge in [-0.05, 0) is 59.9 Å². The highest BCUT2D eigenvalue weighted by Gasteiger charge is 2.55. The molecule has 1 heterocycles. The monoisotopic (exact) mass is 592 g/mol. The third-order valence-corrected chi connectivity index (χ3v) is 22.3. The number of ether oxygens (including phenoxy) is 1. The van der Waals surface area contributed by atoms with Gasteiger partial charge in [0.2, 0.25) is 6.29 Å². The lowest BCUT2D eigenvalue weighted by atomic mass is 9.98. The van der Waals surface area contributed by atoms with Crippen LogP contribution in [0.5, 0.6) is 0 Å². The van der Waals surface area contributed by atoms with E-state index in [0.29, 0.717) is 0 Å². The molecule has 0 bridgehead atoms. The fourth-order valence-corrected chi connectivity index (χ4v) is 6.84. The first-order valence-electron chi connectivity index (χ1n) is 13.3. The van der Waals surface area contributed by atoms with Crippen molar-refractivity contribution in [2.24, 2.45) is 5.11 Å². The zero-order valence-corrected chi connectivity index (χ0v) is 29.2. The van der Waals surface area contributed by atoms with Crippen LogP contribution in [0.15, 0.2) is 5.11 Å². The SMILES string of the molecule is CC(C)(C)[Si](C)(C)OC[C@H]1O[C@@H](O[N+](=O)[O-])[C@H](N=[N+]=[N-])[C@@H](O[Si](C)(C)C(C)(C)C)[C@H]1O[Si](C)(C)C(C)(C)C. The highest BCUT2D eigenvalue weighted by molar-refractivity contribution is 6.75. The third kappa shape index (κ3) is 8.50. The van der Waals surface area contributed by atoms with E-state index in [1.807, 2.05) is 0 Å². The van der Waals surface area contributed by atoms with E-state index in [0.717, 1.165) is 0 Å². The minimum atomic E-state index is -2.48. The van der Waals surface area contributed by atoms with Crippen molar-refractivity contribution in [1.82, 2.24) is 0 Å². The molecule has 0 amide bonds. The average Bonchev–Trinajstić information content (AvgIpc) is 2.67. The van der Waals surface area contributed by atoms with Crippen LogP contribution in [0.2, 0.25) is 54.4 Å². The Morgan fingerprint density at radius 3 is 1.63 bits per heavy atom. The molecule has 1 aliphatic heterocycles. The average molecular weight is 593 g/mol. The van der Waals surface area contributed by atoms with Crippen molar-refractivity contribution in [3.05, 3.63) is 20.6 Å². The molecule has 0 spiro atoms. The van der Waals surface area contributed by atoms with E-state index in [1.165, 1.54) is 0 Å². The van der Waals surface area contributed by atoms with Crippen LogP contribution in [0, 0.1) is 10.1 Å². The molecule has 0 radical (unpaired) electrons. The lowest BCUT2D eigenvalue weighted by Gasteiger charge is -2.52. The minimum Gasteiger partial charge on any atom is -0.414 e. The molecule has 5 atom stereocenters. The molecule has 0 aromatic heterocycles. The minimum absolute atomic E-state index is 0.0567. The summed E-state index contributed by atoms with van der Waals surface area (Å²) in [5.41, 5.74) is 9.44. The second-order valence-electron chi connectivity index (χ2n) is 14.8. The summed E-state index contributed by atoms with van der Waals surface area (Å²) in [7, 11) is -7.10. The molecule has 14 heteroatoms. The van der Waals surface area contributed by atoms with Crippen LogP contribution in [0.1, 0.15) is 62.3 Å². The van der Waals surface area contributed by atoms with Crippen LogP contribution < -0.4 is 0 Å². The van der Waals surface area contributed by atoms with E-state index in [-0.39, 0.29) is 21.7 Å². The molecule has 0 saturated carbocycles.